The van der Waals surface area contributed by atoms with Crippen molar-refractivity contribution in [2.24, 2.45) is 0 Å². The van der Waals surface area contributed by atoms with Gasteiger partial charge in [0, 0.05) is 0 Å². The third kappa shape index (κ3) is 3.50. The number of ether oxygens (including phenoxy) is 2. The van der Waals surface area contributed by atoms with Gasteiger partial charge in [-0.15, -0.1) is 0 Å². The van der Waals surface area contributed by atoms with E-state index in [4.69, 9.17) is 14.6 Å². The highest BCUT2D eigenvalue weighted by Crippen LogP contribution is 2.23. The molecular weight excluding hydrogens is 228 g/mol. The SMILES string of the molecule is CC(CO)Oc1ccc(Oc2ccccc2)cc1. The maximum atomic E-state index is 8.90. The number of rotatable bonds is 5. The van der Waals surface area contributed by atoms with E-state index < -0.39 is 0 Å². The van der Waals surface area contributed by atoms with E-state index in [1.54, 1.807) is 0 Å². The topological polar surface area (TPSA) is 38.7 Å². The predicted octanol–water partition coefficient (Wildman–Crippen LogP) is 3.24. The van der Waals surface area contributed by atoms with Gasteiger partial charge in [-0.25, -0.2) is 0 Å². The minimum absolute atomic E-state index is 0.00225. The molecule has 18 heavy (non-hydrogen) atoms. The molecule has 0 radical (unpaired) electrons. The summed E-state index contributed by atoms with van der Waals surface area (Å²) in [6.45, 7) is 1.82. The number of para-hydroxylation sites is 1. The molecule has 2 aromatic rings. The molecule has 94 valence electrons. The smallest absolute Gasteiger partial charge is 0.127 e. The normalized spacial score (nSPS) is 11.9. The summed E-state index contributed by atoms with van der Waals surface area (Å²) >= 11 is 0. The van der Waals surface area contributed by atoms with Gasteiger partial charge in [0.1, 0.15) is 23.4 Å². The van der Waals surface area contributed by atoms with E-state index in [1.807, 2.05) is 61.5 Å². The van der Waals surface area contributed by atoms with Crippen LogP contribution in [-0.4, -0.2) is 17.8 Å². The van der Waals surface area contributed by atoms with E-state index in [2.05, 4.69) is 0 Å². The molecule has 0 heterocycles. The van der Waals surface area contributed by atoms with Crippen molar-refractivity contribution in [1.29, 1.82) is 0 Å². The first-order valence-corrected chi connectivity index (χ1v) is 5.88. The minimum atomic E-state index is -0.203. The Hall–Kier alpha value is -2.00. The molecule has 0 spiro atoms. The number of benzene rings is 2. The molecule has 1 atom stereocenters. The fourth-order valence-electron chi connectivity index (χ4n) is 1.48. The van der Waals surface area contributed by atoms with Gasteiger partial charge in [-0.05, 0) is 43.3 Å². The van der Waals surface area contributed by atoms with Gasteiger partial charge >= 0.3 is 0 Å². The molecular formula is C15H16O3. The summed E-state index contributed by atoms with van der Waals surface area (Å²) in [6, 6.07) is 16.9. The van der Waals surface area contributed by atoms with E-state index in [1.165, 1.54) is 0 Å². The Morgan fingerprint density at radius 2 is 1.44 bits per heavy atom. The van der Waals surface area contributed by atoms with Crippen LogP contribution in [-0.2, 0) is 0 Å². The van der Waals surface area contributed by atoms with Crippen LogP contribution in [0.4, 0.5) is 0 Å². The predicted molar refractivity (Wildman–Crippen MR) is 70.1 cm³/mol. The van der Waals surface area contributed by atoms with Crippen LogP contribution in [0, 0.1) is 0 Å². The minimum Gasteiger partial charge on any atom is -0.488 e. The second-order valence-corrected chi connectivity index (χ2v) is 4.00. The maximum Gasteiger partial charge on any atom is 0.127 e. The molecule has 0 saturated carbocycles. The molecule has 0 amide bonds. The summed E-state index contributed by atoms with van der Waals surface area (Å²) in [5.41, 5.74) is 0. The number of aliphatic hydroxyl groups is 1. The van der Waals surface area contributed by atoms with Crippen LogP contribution in [0.15, 0.2) is 54.6 Å². The zero-order valence-corrected chi connectivity index (χ0v) is 10.2. The molecule has 0 aliphatic carbocycles. The van der Waals surface area contributed by atoms with Gasteiger partial charge < -0.3 is 14.6 Å². The second-order valence-electron chi connectivity index (χ2n) is 4.00. The Balaban J connectivity index is 2.00. The lowest BCUT2D eigenvalue weighted by atomic mass is 10.3. The van der Waals surface area contributed by atoms with Crippen molar-refractivity contribution in [3.63, 3.8) is 0 Å². The molecule has 0 bridgehead atoms. The highest BCUT2D eigenvalue weighted by molar-refractivity contribution is 5.35. The quantitative estimate of drug-likeness (QED) is 0.877. The number of hydrogen-bond donors (Lipinski definition) is 1. The van der Waals surface area contributed by atoms with Crippen molar-refractivity contribution in [2.75, 3.05) is 6.61 Å². The van der Waals surface area contributed by atoms with Gasteiger partial charge in [0.25, 0.3) is 0 Å². The lowest BCUT2D eigenvalue weighted by Gasteiger charge is -2.12. The first-order chi connectivity index (χ1) is 8.78. The average Bonchev–Trinajstić information content (AvgIpc) is 2.42. The van der Waals surface area contributed by atoms with Crippen LogP contribution in [0.2, 0.25) is 0 Å². The van der Waals surface area contributed by atoms with Crippen molar-refractivity contribution >= 4 is 0 Å². The Morgan fingerprint density at radius 3 is 2.06 bits per heavy atom. The third-order valence-electron chi connectivity index (χ3n) is 2.40. The summed E-state index contributed by atoms with van der Waals surface area (Å²) in [5, 5.41) is 8.90. The molecule has 1 unspecified atom stereocenters. The molecule has 0 aromatic heterocycles. The van der Waals surface area contributed by atoms with Crippen LogP contribution < -0.4 is 9.47 Å². The van der Waals surface area contributed by atoms with Gasteiger partial charge in [0.2, 0.25) is 0 Å². The molecule has 3 nitrogen and oxygen atoms in total. The molecule has 0 aliphatic rings. The highest BCUT2D eigenvalue weighted by atomic mass is 16.5. The first-order valence-electron chi connectivity index (χ1n) is 5.88. The fourth-order valence-corrected chi connectivity index (χ4v) is 1.48. The van der Waals surface area contributed by atoms with E-state index in [0.717, 1.165) is 17.2 Å². The van der Waals surface area contributed by atoms with Gasteiger partial charge in [0.05, 0.1) is 6.61 Å². The summed E-state index contributed by atoms with van der Waals surface area (Å²) < 4.78 is 11.1. The van der Waals surface area contributed by atoms with Crippen LogP contribution in [0.5, 0.6) is 17.2 Å². The number of aliphatic hydroxyl groups excluding tert-OH is 1. The average molecular weight is 244 g/mol. The Labute approximate surface area is 107 Å². The van der Waals surface area contributed by atoms with Crippen molar-refractivity contribution < 1.29 is 14.6 Å². The number of hydrogen-bond acceptors (Lipinski definition) is 3. The van der Waals surface area contributed by atoms with Crippen molar-refractivity contribution in [3.8, 4) is 17.2 Å². The monoisotopic (exact) mass is 244 g/mol. The lowest BCUT2D eigenvalue weighted by molar-refractivity contribution is 0.129. The van der Waals surface area contributed by atoms with Crippen LogP contribution in [0.25, 0.3) is 0 Å². The van der Waals surface area contributed by atoms with Gasteiger partial charge in [-0.1, -0.05) is 18.2 Å². The molecule has 1 N–H and O–H groups in total. The standard InChI is InChI=1S/C15H16O3/c1-12(11-16)17-14-7-9-15(10-8-14)18-13-5-3-2-4-6-13/h2-10,12,16H,11H2,1H3. The van der Waals surface area contributed by atoms with E-state index in [0.29, 0.717) is 0 Å². The molecule has 0 saturated heterocycles. The van der Waals surface area contributed by atoms with Crippen LogP contribution in [0.1, 0.15) is 6.92 Å². The Kier molecular flexibility index (Phi) is 4.20. The van der Waals surface area contributed by atoms with Gasteiger partial charge in [-0.2, -0.15) is 0 Å². The van der Waals surface area contributed by atoms with Gasteiger partial charge in [0.15, 0.2) is 0 Å². The summed E-state index contributed by atoms with van der Waals surface area (Å²) in [7, 11) is 0. The van der Waals surface area contributed by atoms with E-state index >= 15 is 0 Å². The lowest BCUT2D eigenvalue weighted by Crippen LogP contribution is -2.15. The van der Waals surface area contributed by atoms with Crippen LogP contribution in [0.3, 0.4) is 0 Å². The maximum absolute atomic E-state index is 8.90. The summed E-state index contributed by atoms with van der Waals surface area (Å²) in [6.07, 6.45) is -0.203. The molecule has 2 rings (SSSR count). The third-order valence-corrected chi connectivity index (χ3v) is 2.40. The molecule has 0 aliphatic heterocycles. The zero-order valence-electron chi connectivity index (χ0n) is 10.2. The van der Waals surface area contributed by atoms with E-state index in [9.17, 15) is 0 Å². The fraction of sp³-hybridized carbons (Fsp3) is 0.200. The van der Waals surface area contributed by atoms with Crippen molar-refractivity contribution in [1.82, 2.24) is 0 Å². The Morgan fingerprint density at radius 1 is 0.889 bits per heavy atom. The summed E-state index contributed by atoms with van der Waals surface area (Å²) in [5.74, 6) is 2.28. The second kappa shape index (κ2) is 6.07. The zero-order chi connectivity index (χ0) is 12.8. The molecule has 3 heteroatoms. The van der Waals surface area contributed by atoms with E-state index in [-0.39, 0.29) is 12.7 Å². The van der Waals surface area contributed by atoms with Gasteiger partial charge in [-0.3, -0.25) is 0 Å². The van der Waals surface area contributed by atoms with Crippen LogP contribution >= 0.6 is 0 Å². The molecule has 0 fully saturated rings. The highest BCUT2D eigenvalue weighted by Gasteiger charge is 2.02. The van der Waals surface area contributed by atoms with Crippen molar-refractivity contribution in [2.45, 2.75) is 13.0 Å². The first kappa shape index (κ1) is 12.5. The summed E-state index contributed by atoms with van der Waals surface area (Å²) in [4.78, 5) is 0. The Bertz CT molecular complexity index is 465. The molecule has 2 aromatic carbocycles. The van der Waals surface area contributed by atoms with Crippen molar-refractivity contribution in [3.05, 3.63) is 54.6 Å². The largest absolute Gasteiger partial charge is 0.488 e.